The fourth-order valence-corrected chi connectivity index (χ4v) is 2.05. The zero-order chi connectivity index (χ0) is 13.0. The fourth-order valence-electron chi connectivity index (χ4n) is 1.56. The zero-order valence-corrected chi connectivity index (χ0v) is 11.2. The number of benzene rings is 2. The molecule has 2 aromatic rings. The van der Waals surface area contributed by atoms with Gasteiger partial charge in [0.05, 0.1) is 13.2 Å². The van der Waals surface area contributed by atoms with Crippen molar-refractivity contribution in [2.75, 3.05) is 0 Å². The third-order valence-corrected chi connectivity index (χ3v) is 3.25. The average Bonchev–Trinajstić information content (AvgIpc) is 2.39. The molecule has 94 valence electrons. The molecule has 0 unspecified atom stereocenters. The number of aliphatic hydroxyl groups excluding tert-OH is 2. The molecule has 0 aliphatic heterocycles. The molecule has 18 heavy (non-hydrogen) atoms. The molecular weight excluding hydrogens is 296 g/mol. The van der Waals surface area contributed by atoms with Crippen LogP contribution < -0.4 is 4.74 Å². The van der Waals surface area contributed by atoms with Crippen LogP contribution >= 0.6 is 15.9 Å². The van der Waals surface area contributed by atoms with Gasteiger partial charge < -0.3 is 14.9 Å². The molecule has 0 atom stereocenters. The van der Waals surface area contributed by atoms with Crippen molar-refractivity contribution in [2.24, 2.45) is 0 Å². The lowest BCUT2D eigenvalue weighted by Gasteiger charge is -2.08. The van der Waals surface area contributed by atoms with Crippen LogP contribution in [-0.4, -0.2) is 10.2 Å². The molecule has 0 fully saturated rings. The molecule has 0 radical (unpaired) electrons. The maximum Gasteiger partial charge on any atom is 0.128 e. The minimum Gasteiger partial charge on any atom is -0.457 e. The molecule has 2 rings (SSSR count). The van der Waals surface area contributed by atoms with Gasteiger partial charge in [0.25, 0.3) is 0 Å². The number of aliphatic hydroxyl groups is 2. The van der Waals surface area contributed by atoms with Crippen LogP contribution in [0, 0.1) is 0 Å². The van der Waals surface area contributed by atoms with Gasteiger partial charge in [-0.05, 0) is 35.4 Å². The van der Waals surface area contributed by atoms with Crippen molar-refractivity contribution in [1.82, 2.24) is 0 Å². The Morgan fingerprint density at radius 1 is 0.944 bits per heavy atom. The largest absolute Gasteiger partial charge is 0.457 e. The van der Waals surface area contributed by atoms with E-state index in [-0.39, 0.29) is 13.2 Å². The van der Waals surface area contributed by atoms with Gasteiger partial charge in [0.1, 0.15) is 11.5 Å². The maximum absolute atomic E-state index is 9.07. The van der Waals surface area contributed by atoms with E-state index in [9.17, 15) is 0 Å². The monoisotopic (exact) mass is 308 g/mol. The summed E-state index contributed by atoms with van der Waals surface area (Å²) in [6.45, 7) is -0.0226. The van der Waals surface area contributed by atoms with Crippen molar-refractivity contribution in [2.45, 2.75) is 13.2 Å². The molecule has 0 heterocycles. The second kappa shape index (κ2) is 6.00. The molecule has 0 saturated carbocycles. The highest BCUT2D eigenvalue weighted by molar-refractivity contribution is 9.10. The smallest absolute Gasteiger partial charge is 0.128 e. The SMILES string of the molecule is OCc1cccc(Oc2ccc(CO)c(Br)c2)c1. The van der Waals surface area contributed by atoms with Crippen molar-refractivity contribution in [3.05, 3.63) is 58.1 Å². The van der Waals surface area contributed by atoms with Crippen LogP contribution in [0.4, 0.5) is 0 Å². The Bertz CT molecular complexity index is 540. The van der Waals surface area contributed by atoms with Crippen molar-refractivity contribution >= 4 is 15.9 Å². The topological polar surface area (TPSA) is 49.7 Å². The number of hydrogen-bond acceptors (Lipinski definition) is 3. The Labute approximate surface area is 114 Å². The summed E-state index contributed by atoms with van der Waals surface area (Å²) in [6.07, 6.45) is 0. The standard InChI is InChI=1S/C14H13BrO3/c15-14-7-13(5-4-11(14)9-17)18-12-3-1-2-10(6-12)8-16/h1-7,16-17H,8-9H2. The van der Waals surface area contributed by atoms with E-state index in [0.717, 1.165) is 15.6 Å². The normalized spacial score (nSPS) is 10.4. The summed E-state index contributed by atoms with van der Waals surface area (Å²) in [4.78, 5) is 0. The molecule has 2 N–H and O–H groups in total. The van der Waals surface area contributed by atoms with Gasteiger partial charge in [-0.15, -0.1) is 0 Å². The molecule has 3 nitrogen and oxygen atoms in total. The van der Waals surface area contributed by atoms with Gasteiger partial charge in [0, 0.05) is 4.47 Å². The van der Waals surface area contributed by atoms with E-state index in [1.165, 1.54) is 0 Å². The molecule has 4 heteroatoms. The second-order valence-corrected chi connectivity index (χ2v) is 4.67. The molecule has 0 aliphatic carbocycles. The minimum absolute atomic E-state index is 0.00958. The predicted octanol–water partition coefficient (Wildman–Crippen LogP) is 3.23. The van der Waals surface area contributed by atoms with Gasteiger partial charge in [0.15, 0.2) is 0 Å². The summed E-state index contributed by atoms with van der Waals surface area (Å²) in [7, 11) is 0. The Kier molecular flexibility index (Phi) is 4.36. The molecule has 0 amide bonds. The lowest BCUT2D eigenvalue weighted by molar-refractivity contribution is 0.280. The fraction of sp³-hybridized carbons (Fsp3) is 0.143. The summed E-state index contributed by atoms with van der Waals surface area (Å²) in [5.41, 5.74) is 1.62. The number of rotatable bonds is 4. The van der Waals surface area contributed by atoms with Gasteiger partial charge in [-0.1, -0.05) is 34.1 Å². The molecule has 2 aromatic carbocycles. The Morgan fingerprint density at radius 3 is 2.39 bits per heavy atom. The summed E-state index contributed by atoms with van der Waals surface area (Å²) < 4.78 is 6.48. The third kappa shape index (κ3) is 3.10. The van der Waals surface area contributed by atoms with Crippen LogP contribution in [0.25, 0.3) is 0 Å². The Hall–Kier alpha value is -1.36. The minimum atomic E-state index is -0.0130. The highest BCUT2D eigenvalue weighted by Gasteiger charge is 2.03. The van der Waals surface area contributed by atoms with Crippen LogP contribution in [0.1, 0.15) is 11.1 Å². The molecular formula is C14H13BrO3. The highest BCUT2D eigenvalue weighted by atomic mass is 79.9. The summed E-state index contributed by atoms with van der Waals surface area (Å²) >= 11 is 3.37. The summed E-state index contributed by atoms with van der Waals surface area (Å²) in [5, 5.41) is 18.1. The van der Waals surface area contributed by atoms with Crippen molar-refractivity contribution in [1.29, 1.82) is 0 Å². The van der Waals surface area contributed by atoms with E-state index in [1.807, 2.05) is 18.2 Å². The van der Waals surface area contributed by atoms with Crippen LogP contribution in [-0.2, 0) is 13.2 Å². The molecule has 0 aliphatic rings. The van der Waals surface area contributed by atoms with Crippen molar-refractivity contribution in [3.8, 4) is 11.5 Å². The first kappa shape index (κ1) is 13.1. The maximum atomic E-state index is 9.07. The van der Waals surface area contributed by atoms with E-state index >= 15 is 0 Å². The lowest BCUT2D eigenvalue weighted by atomic mass is 10.2. The lowest BCUT2D eigenvalue weighted by Crippen LogP contribution is -1.89. The average molecular weight is 309 g/mol. The summed E-state index contributed by atoms with van der Waals surface area (Å²) in [5.74, 6) is 1.35. The van der Waals surface area contributed by atoms with E-state index in [1.54, 1.807) is 24.3 Å². The van der Waals surface area contributed by atoms with Crippen molar-refractivity contribution in [3.63, 3.8) is 0 Å². The highest BCUT2D eigenvalue weighted by Crippen LogP contribution is 2.27. The van der Waals surface area contributed by atoms with Gasteiger partial charge in [-0.25, -0.2) is 0 Å². The van der Waals surface area contributed by atoms with Gasteiger partial charge in [0.2, 0.25) is 0 Å². The molecule has 0 bridgehead atoms. The first-order valence-electron chi connectivity index (χ1n) is 5.50. The van der Waals surface area contributed by atoms with Crippen LogP contribution in [0.5, 0.6) is 11.5 Å². The third-order valence-electron chi connectivity index (χ3n) is 2.51. The van der Waals surface area contributed by atoms with E-state index in [4.69, 9.17) is 14.9 Å². The molecule has 0 aromatic heterocycles. The predicted molar refractivity (Wildman–Crippen MR) is 72.5 cm³/mol. The first-order chi connectivity index (χ1) is 8.72. The molecule has 0 spiro atoms. The van der Waals surface area contributed by atoms with E-state index < -0.39 is 0 Å². The van der Waals surface area contributed by atoms with E-state index in [2.05, 4.69) is 15.9 Å². The number of halogens is 1. The Morgan fingerprint density at radius 2 is 1.72 bits per heavy atom. The molecule has 0 saturated heterocycles. The number of hydrogen-bond donors (Lipinski definition) is 2. The summed E-state index contributed by atoms with van der Waals surface area (Å²) in [6, 6.07) is 12.7. The van der Waals surface area contributed by atoms with Gasteiger partial charge in [-0.2, -0.15) is 0 Å². The van der Waals surface area contributed by atoms with Crippen molar-refractivity contribution < 1.29 is 14.9 Å². The first-order valence-corrected chi connectivity index (χ1v) is 6.29. The second-order valence-electron chi connectivity index (χ2n) is 3.82. The van der Waals surface area contributed by atoms with E-state index in [0.29, 0.717) is 11.5 Å². The van der Waals surface area contributed by atoms with Crippen LogP contribution in [0.15, 0.2) is 46.9 Å². The van der Waals surface area contributed by atoms with Crippen LogP contribution in [0.2, 0.25) is 0 Å². The zero-order valence-electron chi connectivity index (χ0n) is 9.64. The quantitative estimate of drug-likeness (QED) is 0.911. The van der Waals surface area contributed by atoms with Crippen LogP contribution in [0.3, 0.4) is 0 Å². The van der Waals surface area contributed by atoms with Gasteiger partial charge >= 0.3 is 0 Å². The Balaban J connectivity index is 2.20. The number of ether oxygens (including phenoxy) is 1. The van der Waals surface area contributed by atoms with Gasteiger partial charge in [-0.3, -0.25) is 0 Å².